The van der Waals surface area contributed by atoms with Crippen molar-refractivity contribution in [1.82, 2.24) is 0 Å². The highest BCUT2D eigenvalue weighted by Gasteiger charge is 2.09. The molecule has 0 heterocycles. The van der Waals surface area contributed by atoms with Gasteiger partial charge in [-0.15, -0.1) is 0 Å². The van der Waals surface area contributed by atoms with E-state index in [1.165, 1.54) is 11.1 Å². The average Bonchev–Trinajstić information content (AvgIpc) is 2.24. The molecule has 0 aromatic heterocycles. The van der Waals surface area contributed by atoms with Crippen molar-refractivity contribution in [3.05, 3.63) is 48.0 Å². The zero-order valence-electron chi connectivity index (χ0n) is 11.1. The Hall–Kier alpha value is -0.975. The molecule has 0 aliphatic carbocycles. The Bertz CT molecular complexity index is 305. The lowest BCUT2D eigenvalue weighted by molar-refractivity contribution is 0.618. The molecule has 1 atom stereocenters. The van der Waals surface area contributed by atoms with E-state index in [-0.39, 0.29) is 0 Å². The summed E-state index contributed by atoms with van der Waals surface area (Å²) in [4.78, 5) is 0. The van der Waals surface area contributed by atoms with Gasteiger partial charge in [-0.05, 0) is 30.8 Å². The van der Waals surface area contributed by atoms with Gasteiger partial charge < -0.3 is 0 Å². The number of rotatable bonds is 6. The van der Waals surface area contributed by atoms with Crippen LogP contribution in [0.15, 0.2) is 48.0 Å². The minimum absolute atomic E-state index is 0.457. The van der Waals surface area contributed by atoms with Crippen LogP contribution in [-0.4, -0.2) is 7.85 Å². The molecule has 86 valence electrons. The molecule has 1 unspecified atom stereocenters. The molecule has 2 radical (unpaired) electrons. The van der Waals surface area contributed by atoms with Crippen molar-refractivity contribution >= 4 is 7.85 Å². The first-order chi connectivity index (χ1) is 7.42. The van der Waals surface area contributed by atoms with E-state index in [0.29, 0.717) is 11.8 Å². The summed E-state index contributed by atoms with van der Waals surface area (Å²) in [5.74, 6) is 1.000. The first-order valence-electron chi connectivity index (χ1n) is 5.85. The summed E-state index contributed by atoms with van der Waals surface area (Å²) in [5.41, 5.74) is 3.26. The Kier molecular flexibility index (Phi) is 6.88. The summed E-state index contributed by atoms with van der Waals surface area (Å²) in [7, 11) is 5.76. The molecule has 0 amide bonds. The molecule has 0 aliphatic heterocycles. The van der Waals surface area contributed by atoms with Crippen molar-refractivity contribution in [2.45, 2.75) is 34.1 Å². The third-order valence-corrected chi connectivity index (χ3v) is 2.86. The lowest BCUT2D eigenvalue weighted by atomic mass is 9.85. The predicted octanol–water partition coefficient (Wildman–Crippen LogP) is 4.41. The van der Waals surface area contributed by atoms with E-state index in [0.717, 1.165) is 11.9 Å². The molecule has 0 aromatic carbocycles. The second-order valence-electron chi connectivity index (χ2n) is 4.56. The fourth-order valence-corrected chi connectivity index (χ4v) is 1.51. The molecular weight excluding hydrogens is 191 g/mol. The maximum atomic E-state index is 5.76. The molecular formula is C15H23B. The average molecular weight is 214 g/mol. The van der Waals surface area contributed by atoms with Crippen molar-refractivity contribution in [2.75, 3.05) is 0 Å². The normalized spacial score (nSPS) is 15.1. The molecule has 0 fully saturated rings. The van der Waals surface area contributed by atoms with Gasteiger partial charge in [0.1, 0.15) is 7.85 Å². The molecule has 1 heteroatoms. The Morgan fingerprint density at radius 2 is 1.88 bits per heavy atom. The van der Waals surface area contributed by atoms with Crippen molar-refractivity contribution < 1.29 is 0 Å². The largest absolute Gasteiger partial charge is 0.113 e. The lowest BCUT2D eigenvalue weighted by Gasteiger charge is -2.17. The number of hydrogen-bond acceptors (Lipinski definition) is 0. The zero-order chi connectivity index (χ0) is 12.7. The molecule has 0 aromatic rings. The molecule has 0 nitrogen and oxygen atoms in total. The lowest BCUT2D eigenvalue weighted by Crippen LogP contribution is -2.03. The molecule has 0 rings (SSSR count). The van der Waals surface area contributed by atoms with Crippen LogP contribution in [0.5, 0.6) is 0 Å². The highest BCUT2D eigenvalue weighted by molar-refractivity contribution is 6.23. The maximum absolute atomic E-state index is 5.76. The fraction of sp³-hybridized carbons (Fsp3) is 0.467. The Morgan fingerprint density at radius 1 is 1.31 bits per heavy atom. The van der Waals surface area contributed by atoms with Crippen LogP contribution in [0.3, 0.4) is 0 Å². The molecule has 0 bridgehead atoms. The monoisotopic (exact) mass is 214 g/mol. The SMILES string of the molecule is [B]/C(C=C)=C/C(=C\C)C(C)CC(=C)C(C)C. The van der Waals surface area contributed by atoms with Crippen LogP contribution in [0.4, 0.5) is 0 Å². The highest BCUT2D eigenvalue weighted by Crippen LogP contribution is 2.24. The second kappa shape index (κ2) is 7.32. The van der Waals surface area contributed by atoms with Crippen LogP contribution in [-0.2, 0) is 0 Å². The minimum atomic E-state index is 0.457. The third kappa shape index (κ3) is 5.20. The van der Waals surface area contributed by atoms with Crippen molar-refractivity contribution in [2.24, 2.45) is 11.8 Å². The number of hydrogen-bond donors (Lipinski definition) is 0. The summed E-state index contributed by atoms with van der Waals surface area (Å²) in [6, 6.07) is 0. The van der Waals surface area contributed by atoms with Crippen LogP contribution < -0.4 is 0 Å². The van der Waals surface area contributed by atoms with E-state index < -0.39 is 0 Å². The van der Waals surface area contributed by atoms with Crippen LogP contribution in [0, 0.1) is 11.8 Å². The van der Waals surface area contributed by atoms with E-state index in [2.05, 4.69) is 40.0 Å². The summed E-state index contributed by atoms with van der Waals surface area (Å²) in [5, 5.41) is 0. The van der Waals surface area contributed by atoms with E-state index >= 15 is 0 Å². The van der Waals surface area contributed by atoms with Gasteiger partial charge in [0.25, 0.3) is 0 Å². The summed E-state index contributed by atoms with van der Waals surface area (Å²) < 4.78 is 0. The van der Waals surface area contributed by atoms with Gasteiger partial charge in [-0.3, -0.25) is 0 Å². The van der Waals surface area contributed by atoms with Crippen LogP contribution in [0.25, 0.3) is 0 Å². The molecule has 0 spiro atoms. The summed E-state index contributed by atoms with van der Waals surface area (Å²) >= 11 is 0. The second-order valence-corrected chi connectivity index (χ2v) is 4.56. The fourth-order valence-electron chi connectivity index (χ4n) is 1.51. The summed E-state index contributed by atoms with van der Waals surface area (Å²) in [6.45, 7) is 16.4. The predicted molar refractivity (Wildman–Crippen MR) is 75.6 cm³/mol. The first-order valence-corrected chi connectivity index (χ1v) is 5.85. The minimum Gasteiger partial charge on any atom is -0.0997 e. The molecule has 0 aliphatic rings. The van der Waals surface area contributed by atoms with Crippen molar-refractivity contribution in [3.8, 4) is 0 Å². The van der Waals surface area contributed by atoms with Crippen LogP contribution in [0.1, 0.15) is 34.1 Å². The van der Waals surface area contributed by atoms with Gasteiger partial charge in [0.15, 0.2) is 0 Å². The quantitative estimate of drug-likeness (QED) is 0.349. The van der Waals surface area contributed by atoms with Crippen molar-refractivity contribution in [3.63, 3.8) is 0 Å². The molecule has 16 heavy (non-hydrogen) atoms. The molecule has 0 saturated heterocycles. The van der Waals surface area contributed by atoms with Gasteiger partial charge >= 0.3 is 0 Å². The highest BCUT2D eigenvalue weighted by atomic mass is 14.1. The summed E-state index contributed by atoms with van der Waals surface area (Å²) in [6.07, 6.45) is 6.78. The third-order valence-electron chi connectivity index (χ3n) is 2.86. The zero-order valence-corrected chi connectivity index (χ0v) is 11.1. The van der Waals surface area contributed by atoms with E-state index in [9.17, 15) is 0 Å². The van der Waals surface area contributed by atoms with Gasteiger partial charge in [-0.2, -0.15) is 0 Å². The van der Waals surface area contributed by atoms with E-state index in [1.54, 1.807) is 6.08 Å². The topological polar surface area (TPSA) is 0 Å². The van der Waals surface area contributed by atoms with Gasteiger partial charge in [0.05, 0.1) is 0 Å². The molecule has 0 saturated carbocycles. The van der Waals surface area contributed by atoms with E-state index in [4.69, 9.17) is 7.85 Å². The Labute approximate surface area is 102 Å². The van der Waals surface area contributed by atoms with Crippen molar-refractivity contribution in [1.29, 1.82) is 0 Å². The Balaban J connectivity index is 4.63. The first kappa shape index (κ1) is 15.0. The van der Waals surface area contributed by atoms with E-state index in [1.807, 2.05) is 13.0 Å². The van der Waals surface area contributed by atoms with Crippen LogP contribution >= 0.6 is 0 Å². The maximum Gasteiger partial charge on any atom is 0.113 e. The van der Waals surface area contributed by atoms with Crippen LogP contribution in [0.2, 0.25) is 0 Å². The van der Waals surface area contributed by atoms with Gasteiger partial charge in [0.2, 0.25) is 0 Å². The number of allylic oxidation sites excluding steroid dienone is 6. The van der Waals surface area contributed by atoms with Gasteiger partial charge in [-0.25, -0.2) is 0 Å². The molecule has 0 N–H and O–H groups in total. The standard InChI is InChI=1S/C15H23B/c1-7-14(10-15(16)8-2)13(6)9-12(5)11(3)4/h7-8,10-11,13H,2,5,9H2,1,3-4,6H3/b14-7+,15-10+. The van der Waals surface area contributed by atoms with Gasteiger partial charge in [0, 0.05) is 0 Å². The smallest absolute Gasteiger partial charge is 0.0997 e. The van der Waals surface area contributed by atoms with Gasteiger partial charge in [-0.1, -0.05) is 63.2 Å². The Morgan fingerprint density at radius 3 is 2.25 bits per heavy atom.